The zero-order valence-corrected chi connectivity index (χ0v) is 14.2. The van der Waals surface area contributed by atoms with Crippen molar-refractivity contribution in [3.8, 4) is 11.1 Å². The first-order valence-corrected chi connectivity index (χ1v) is 8.24. The van der Waals surface area contributed by atoms with Crippen LogP contribution in [0.2, 0.25) is 0 Å². The van der Waals surface area contributed by atoms with Crippen LogP contribution in [0.25, 0.3) is 11.1 Å². The second kappa shape index (κ2) is 7.91. The van der Waals surface area contributed by atoms with E-state index >= 15 is 0 Å². The van der Waals surface area contributed by atoms with Crippen LogP contribution in [0.3, 0.4) is 0 Å². The Bertz CT molecular complexity index is 931. The molecule has 1 N–H and O–H groups in total. The highest BCUT2D eigenvalue weighted by Gasteiger charge is 2.34. The van der Waals surface area contributed by atoms with Gasteiger partial charge in [-0.2, -0.15) is 13.2 Å². The van der Waals surface area contributed by atoms with Crippen LogP contribution in [0.4, 0.5) is 18.9 Å². The van der Waals surface area contributed by atoms with E-state index in [9.17, 15) is 18.0 Å². The molecule has 0 aromatic heterocycles. The Hall–Kier alpha value is -3.34. The number of halogens is 3. The van der Waals surface area contributed by atoms with Gasteiger partial charge in [0.05, 0.1) is 0 Å². The Kier molecular flexibility index (Phi) is 5.41. The number of allylic oxidation sites excluding steroid dienone is 2. The highest BCUT2D eigenvalue weighted by Crippen LogP contribution is 2.28. The lowest BCUT2D eigenvalue weighted by Gasteiger charge is -2.14. The van der Waals surface area contributed by atoms with Crippen molar-refractivity contribution in [1.29, 1.82) is 0 Å². The molecule has 0 radical (unpaired) electrons. The fraction of sp³-hybridized carbons (Fsp3) is 0.0455. The first-order chi connectivity index (χ1) is 12.9. The summed E-state index contributed by atoms with van der Waals surface area (Å²) in [5.41, 5.74) is 1.19. The van der Waals surface area contributed by atoms with Gasteiger partial charge in [-0.3, -0.25) is 4.79 Å². The first-order valence-electron chi connectivity index (χ1n) is 8.24. The summed E-state index contributed by atoms with van der Waals surface area (Å²) in [6.45, 7) is 0. The molecule has 0 atom stereocenters. The van der Waals surface area contributed by atoms with Gasteiger partial charge in [0.25, 0.3) is 0 Å². The van der Waals surface area contributed by atoms with Crippen LogP contribution in [-0.4, -0.2) is 12.0 Å². The third-order valence-corrected chi connectivity index (χ3v) is 3.91. The van der Waals surface area contributed by atoms with E-state index in [1.807, 2.05) is 30.3 Å². The van der Waals surface area contributed by atoms with Crippen molar-refractivity contribution in [1.82, 2.24) is 0 Å². The van der Waals surface area contributed by atoms with E-state index in [-0.39, 0.29) is 11.3 Å². The van der Waals surface area contributed by atoms with Crippen molar-refractivity contribution in [3.63, 3.8) is 0 Å². The number of hydrogen-bond acceptors (Lipinski definition) is 2. The van der Waals surface area contributed by atoms with Gasteiger partial charge in [0.2, 0.25) is 0 Å². The number of carbonyl (C=O) groups excluding carboxylic acids is 1. The fourth-order valence-electron chi connectivity index (χ4n) is 2.54. The number of alkyl halides is 3. The molecule has 0 unspecified atom stereocenters. The normalized spacial score (nSPS) is 11.9. The molecule has 3 rings (SSSR count). The van der Waals surface area contributed by atoms with Gasteiger partial charge in [0.15, 0.2) is 5.78 Å². The number of carbonyl (C=O) groups is 1. The number of hydrogen-bond donors (Lipinski definition) is 1. The summed E-state index contributed by atoms with van der Waals surface area (Å²) in [4.78, 5) is 12.3. The standard InChI is InChI=1S/C22H16F3NO/c23-22(24,25)21(26-19-9-5-2-6-10-19)15-20(27)18-13-11-17(12-14-18)16-7-3-1-4-8-16/h1-15,26H/b21-15+. The minimum absolute atomic E-state index is 0.186. The van der Waals surface area contributed by atoms with E-state index in [2.05, 4.69) is 5.32 Å². The minimum atomic E-state index is -4.67. The number of para-hydroxylation sites is 1. The molecule has 0 amide bonds. The van der Waals surface area contributed by atoms with E-state index in [0.717, 1.165) is 11.1 Å². The van der Waals surface area contributed by atoms with Crippen LogP contribution in [0, 0.1) is 0 Å². The average Bonchev–Trinajstić information content (AvgIpc) is 2.68. The molecule has 0 aliphatic rings. The molecule has 0 bridgehead atoms. The topological polar surface area (TPSA) is 29.1 Å². The van der Waals surface area contributed by atoms with Crippen LogP contribution in [0.1, 0.15) is 10.4 Å². The summed E-state index contributed by atoms with van der Waals surface area (Å²) in [6.07, 6.45) is -4.08. The van der Waals surface area contributed by atoms with Crippen molar-refractivity contribution < 1.29 is 18.0 Å². The molecule has 3 aromatic rings. The predicted octanol–water partition coefficient (Wildman–Crippen LogP) is 6.09. The van der Waals surface area contributed by atoms with Crippen LogP contribution in [-0.2, 0) is 0 Å². The van der Waals surface area contributed by atoms with E-state index in [0.29, 0.717) is 6.08 Å². The molecule has 2 nitrogen and oxygen atoms in total. The number of nitrogens with one attached hydrogen (secondary N) is 1. The molecule has 0 aliphatic carbocycles. The number of anilines is 1. The summed E-state index contributed by atoms with van der Waals surface area (Å²) >= 11 is 0. The average molecular weight is 367 g/mol. The number of rotatable bonds is 5. The molecular weight excluding hydrogens is 351 g/mol. The Morgan fingerprint density at radius 1 is 0.741 bits per heavy atom. The summed E-state index contributed by atoms with van der Waals surface area (Å²) in [5.74, 6) is -0.717. The minimum Gasteiger partial charge on any atom is -0.351 e. The lowest BCUT2D eigenvalue weighted by molar-refractivity contribution is -0.0903. The van der Waals surface area contributed by atoms with Crippen molar-refractivity contribution in [2.45, 2.75) is 6.18 Å². The maximum absolute atomic E-state index is 13.3. The SMILES string of the molecule is O=C(/C=C(/Nc1ccccc1)C(F)(F)F)c1ccc(-c2ccccc2)cc1. The van der Waals surface area contributed by atoms with Gasteiger partial charge < -0.3 is 5.32 Å². The molecule has 27 heavy (non-hydrogen) atoms. The fourth-order valence-corrected chi connectivity index (χ4v) is 2.54. The Morgan fingerprint density at radius 3 is 1.81 bits per heavy atom. The lowest BCUT2D eigenvalue weighted by atomic mass is 10.0. The molecule has 0 spiro atoms. The molecule has 3 aromatic carbocycles. The molecular formula is C22H16F3NO. The van der Waals surface area contributed by atoms with E-state index in [1.165, 1.54) is 24.3 Å². The zero-order valence-electron chi connectivity index (χ0n) is 14.2. The molecule has 5 heteroatoms. The zero-order chi connectivity index (χ0) is 19.3. The van der Waals surface area contributed by atoms with Gasteiger partial charge in [-0.1, -0.05) is 72.8 Å². The van der Waals surface area contributed by atoms with Gasteiger partial charge in [-0.25, -0.2) is 0 Å². The van der Waals surface area contributed by atoms with Crippen molar-refractivity contribution in [2.24, 2.45) is 0 Å². The highest BCUT2D eigenvalue weighted by molar-refractivity contribution is 6.05. The van der Waals surface area contributed by atoms with Crippen molar-refractivity contribution in [3.05, 3.63) is 102 Å². The Morgan fingerprint density at radius 2 is 1.26 bits per heavy atom. The van der Waals surface area contributed by atoms with Crippen molar-refractivity contribution in [2.75, 3.05) is 5.32 Å². The largest absolute Gasteiger partial charge is 0.431 e. The monoisotopic (exact) mass is 367 g/mol. The molecule has 0 saturated heterocycles. The summed E-state index contributed by atoms with van der Waals surface area (Å²) in [5, 5.41) is 2.27. The third kappa shape index (κ3) is 4.85. The van der Waals surface area contributed by atoms with Gasteiger partial charge >= 0.3 is 6.18 Å². The summed E-state index contributed by atoms with van der Waals surface area (Å²) in [6, 6.07) is 23.9. The van der Waals surface area contributed by atoms with E-state index in [4.69, 9.17) is 0 Å². The van der Waals surface area contributed by atoms with Crippen molar-refractivity contribution >= 4 is 11.5 Å². The second-order valence-corrected chi connectivity index (χ2v) is 5.85. The number of benzene rings is 3. The van der Waals surface area contributed by atoms with Crippen LogP contribution in [0.15, 0.2) is 96.7 Å². The lowest BCUT2D eigenvalue weighted by Crippen LogP contribution is -2.20. The maximum atomic E-state index is 13.3. The number of ketones is 1. The molecule has 0 fully saturated rings. The smallest absolute Gasteiger partial charge is 0.351 e. The third-order valence-electron chi connectivity index (χ3n) is 3.91. The van der Waals surface area contributed by atoms with E-state index in [1.54, 1.807) is 30.3 Å². The summed E-state index contributed by atoms with van der Waals surface area (Å²) in [7, 11) is 0. The van der Waals surface area contributed by atoms with Gasteiger partial charge in [-0.15, -0.1) is 0 Å². The predicted molar refractivity (Wildman–Crippen MR) is 100 cm³/mol. The maximum Gasteiger partial charge on any atom is 0.431 e. The van der Waals surface area contributed by atoms with E-state index < -0.39 is 17.7 Å². The molecule has 136 valence electrons. The Labute approximate surface area is 155 Å². The van der Waals surface area contributed by atoms with Gasteiger partial charge in [-0.05, 0) is 23.3 Å². The molecule has 0 aliphatic heterocycles. The molecule has 0 saturated carbocycles. The highest BCUT2D eigenvalue weighted by atomic mass is 19.4. The first kappa shape index (κ1) is 18.5. The summed E-state index contributed by atoms with van der Waals surface area (Å²) < 4.78 is 39.9. The van der Waals surface area contributed by atoms with Crippen LogP contribution in [0.5, 0.6) is 0 Å². The second-order valence-electron chi connectivity index (χ2n) is 5.85. The van der Waals surface area contributed by atoms with Gasteiger partial charge in [0, 0.05) is 17.3 Å². The quantitative estimate of drug-likeness (QED) is 0.436. The molecule has 0 heterocycles. The van der Waals surface area contributed by atoms with Crippen LogP contribution < -0.4 is 5.32 Å². The van der Waals surface area contributed by atoms with Crippen LogP contribution >= 0.6 is 0 Å². The van der Waals surface area contributed by atoms with Gasteiger partial charge in [0.1, 0.15) is 5.70 Å². The Balaban J connectivity index is 1.84.